The lowest BCUT2D eigenvalue weighted by Crippen LogP contribution is -2.47. The van der Waals surface area contributed by atoms with Gasteiger partial charge >= 0.3 is 24.4 Å². The lowest BCUT2D eigenvalue weighted by Gasteiger charge is -2.27. The van der Waals surface area contributed by atoms with Gasteiger partial charge in [0.05, 0.1) is 18.3 Å². The van der Waals surface area contributed by atoms with Crippen LogP contribution in [0.1, 0.15) is 12.8 Å². The average molecular weight is 576 g/mol. The van der Waals surface area contributed by atoms with Gasteiger partial charge < -0.3 is 35.5 Å². The minimum Gasteiger partial charge on any atom is -0.482 e. The fourth-order valence-electron chi connectivity index (χ4n) is 4.94. The second-order valence-corrected chi connectivity index (χ2v) is 9.51. The van der Waals surface area contributed by atoms with Gasteiger partial charge in [-0.25, -0.2) is 14.4 Å². The van der Waals surface area contributed by atoms with Crippen LogP contribution in [-0.2, 0) is 14.3 Å². The van der Waals surface area contributed by atoms with Crippen molar-refractivity contribution in [1.82, 2.24) is 9.47 Å². The lowest BCUT2D eigenvalue weighted by atomic mass is 10.1. The van der Waals surface area contributed by atoms with E-state index in [-0.39, 0.29) is 35.7 Å². The Morgan fingerprint density at radius 3 is 2.54 bits per heavy atom. The Kier molecular flexibility index (Phi) is 7.11. The summed E-state index contributed by atoms with van der Waals surface area (Å²) in [6.45, 7) is -0.358. The number of esters is 1. The van der Waals surface area contributed by atoms with Crippen molar-refractivity contribution in [2.24, 2.45) is 11.7 Å². The molecular formula is C26H24F3N5O7. The average Bonchev–Trinajstić information content (AvgIpc) is 3.41. The summed E-state index contributed by atoms with van der Waals surface area (Å²) in [5, 5.41) is 5.74. The molecule has 1 aromatic heterocycles. The second kappa shape index (κ2) is 10.6. The standard InChI is InChI=1S/C26H24F3N5O7/c1-39-22(35)12-40-15-5-6-17-18(11-33(24(30)37)20(17)10-15)32-25(38)34-19-7-13(19)8-21(34)23(36)31-14-3-2-4-16(9-14)41-26(27,28)29/h2-6,9-11,13,19,21H,7-8,12H2,1H3,(H2,30,37)(H,31,36)(H,32,38)/t13-,19-,21+/m1/s1. The Hall–Kier alpha value is -4.95. The molecule has 1 aliphatic heterocycles. The fourth-order valence-corrected chi connectivity index (χ4v) is 4.94. The minimum atomic E-state index is -4.89. The quantitative estimate of drug-likeness (QED) is 0.364. The van der Waals surface area contributed by atoms with Crippen molar-refractivity contribution in [3.63, 3.8) is 0 Å². The molecule has 216 valence electrons. The molecule has 5 rings (SSSR count). The summed E-state index contributed by atoms with van der Waals surface area (Å²) in [6.07, 6.45) is -2.47. The number of hydrogen-bond donors (Lipinski definition) is 3. The number of carbonyl (C=O) groups excluding carboxylic acids is 4. The highest BCUT2D eigenvalue weighted by molar-refractivity contribution is 6.06. The van der Waals surface area contributed by atoms with Crippen LogP contribution in [0.15, 0.2) is 48.7 Å². The number of nitrogens with zero attached hydrogens (tertiary/aromatic N) is 2. The Bertz CT molecular complexity index is 1540. The first-order chi connectivity index (χ1) is 19.4. The molecule has 12 nitrogen and oxygen atoms in total. The molecule has 1 saturated heterocycles. The van der Waals surface area contributed by atoms with Gasteiger partial charge in [-0.05, 0) is 43.0 Å². The van der Waals surface area contributed by atoms with Crippen molar-refractivity contribution in [1.29, 1.82) is 0 Å². The highest BCUT2D eigenvalue weighted by Crippen LogP contribution is 2.48. The molecule has 4 amide bonds. The van der Waals surface area contributed by atoms with E-state index in [1.165, 1.54) is 42.5 Å². The molecule has 15 heteroatoms. The number of likely N-dealkylation sites (tertiary alicyclic amines) is 1. The third-order valence-corrected chi connectivity index (χ3v) is 6.82. The molecule has 2 fully saturated rings. The Morgan fingerprint density at radius 2 is 1.83 bits per heavy atom. The van der Waals surface area contributed by atoms with E-state index < -0.39 is 42.1 Å². The van der Waals surface area contributed by atoms with Crippen molar-refractivity contribution in [3.05, 3.63) is 48.7 Å². The first-order valence-corrected chi connectivity index (χ1v) is 12.3. The van der Waals surface area contributed by atoms with Crippen LogP contribution in [0, 0.1) is 5.92 Å². The first kappa shape index (κ1) is 27.6. The zero-order valence-corrected chi connectivity index (χ0v) is 21.4. The summed E-state index contributed by atoms with van der Waals surface area (Å²) in [5.74, 6) is -1.30. The van der Waals surface area contributed by atoms with Crippen LogP contribution in [0.5, 0.6) is 11.5 Å². The van der Waals surface area contributed by atoms with E-state index in [1.807, 2.05) is 0 Å². The van der Waals surface area contributed by atoms with Gasteiger partial charge in [-0.15, -0.1) is 13.2 Å². The number of primary amides is 1. The van der Waals surface area contributed by atoms with Crippen LogP contribution >= 0.6 is 0 Å². The molecule has 2 heterocycles. The van der Waals surface area contributed by atoms with Crippen LogP contribution in [0.2, 0.25) is 0 Å². The van der Waals surface area contributed by atoms with E-state index in [2.05, 4.69) is 20.1 Å². The number of alkyl halides is 3. The molecule has 0 unspecified atom stereocenters. The molecule has 3 aromatic rings. The number of piperidine rings is 1. The first-order valence-electron chi connectivity index (χ1n) is 12.3. The van der Waals surface area contributed by atoms with Gasteiger partial charge in [0, 0.05) is 35.4 Å². The number of aromatic nitrogens is 1. The topological polar surface area (TPSA) is 154 Å². The Labute approximate surface area is 230 Å². The number of fused-ring (bicyclic) bond motifs is 2. The molecular weight excluding hydrogens is 551 g/mol. The van der Waals surface area contributed by atoms with Crippen molar-refractivity contribution < 1.29 is 46.6 Å². The highest BCUT2D eigenvalue weighted by atomic mass is 19.4. The zero-order valence-electron chi connectivity index (χ0n) is 21.4. The van der Waals surface area contributed by atoms with E-state index in [4.69, 9.17) is 10.5 Å². The number of hydrogen-bond acceptors (Lipinski definition) is 7. The van der Waals surface area contributed by atoms with Crippen molar-refractivity contribution in [2.45, 2.75) is 31.3 Å². The summed E-state index contributed by atoms with van der Waals surface area (Å²) in [5.41, 5.74) is 6.13. The van der Waals surface area contributed by atoms with Crippen LogP contribution in [0.3, 0.4) is 0 Å². The molecule has 2 aromatic carbocycles. The fraction of sp³-hybridized carbons (Fsp3) is 0.308. The van der Waals surface area contributed by atoms with Crippen LogP contribution in [0.4, 0.5) is 34.1 Å². The van der Waals surface area contributed by atoms with Gasteiger partial charge in [0.25, 0.3) is 0 Å². The number of methoxy groups -OCH3 is 1. The predicted octanol–water partition coefficient (Wildman–Crippen LogP) is 3.65. The molecule has 0 radical (unpaired) electrons. The van der Waals surface area contributed by atoms with E-state index >= 15 is 0 Å². The molecule has 1 aliphatic carbocycles. The van der Waals surface area contributed by atoms with E-state index in [1.54, 1.807) is 6.07 Å². The number of nitrogens with one attached hydrogen (secondary N) is 2. The maximum Gasteiger partial charge on any atom is 0.573 e. The van der Waals surface area contributed by atoms with Crippen molar-refractivity contribution in [2.75, 3.05) is 24.4 Å². The summed E-state index contributed by atoms with van der Waals surface area (Å²) in [4.78, 5) is 51.4. The van der Waals surface area contributed by atoms with E-state index in [9.17, 15) is 32.3 Å². The molecule has 41 heavy (non-hydrogen) atoms. The molecule has 0 bridgehead atoms. The molecule has 3 atom stereocenters. The van der Waals surface area contributed by atoms with Crippen LogP contribution < -0.4 is 25.8 Å². The Morgan fingerprint density at radius 1 is 1.05 bits per heavy atom. The Balaban J connectivity index is 1.33. The zero-order chi connectivity index (χ0) is 29.5. The summed E-state index contributed by atoms with van der Waals surface area (Å²) < 4.78 is 52.6. The number of halogens is 3. The number of rotatable bonds is 7. The summed E-state index contributed by atoms with van der Waals surface area (Å²) >= 11 is 0. The summed E-state index contributed by atoms with van der Waals surface area (Å²) in [6, 6.07) is 6.92. The monoisotopic (exact) mass is 575 g/mol. The van der Waals surface area contributed by atoms with Gasteiger partial charge in [0.15, 0.2) is 6.61 Å². The smallest absolute Gasteiger partial charge is 0.482 e. The SMILES string of the molecule is COC(=O)COc1ccc2c(NC(=O)N3[C@@H]4C[C@@H]4C[C@H]3C(=O)Nc3cccc(OC(F)(F)F)c3)cn(C(N)=O)c2c1. The number of carbonyl (C=O) groups is 4. The van der Waals surface area contributed by atoms with Gasteiger partial charge in [0.2, 0.25) is 5.91 Å². The van der Waals surface area contributed by atoms with Crippen LogP contribution in [-0.4, -0.2) is 65.6 Å². The van der Waals surface area contributed by atoms with Crippen LogP contribution in [0.25, 0.3) is 10.9 Å². The van der Waals surface area contributed by atoms with Gasteiger partial charge in [-0.1, -0.05) is 6.07 Å². The van der Waals surface area contributed by atoms with Crippen molar-refractivity contribution >= 4 is 46.2 Å². The maximum atomic E-state index is 13.4. The molecule has 0 spiro atoms. The van der Waals surface area contributed by atoms with Crippen molar-refractivity contribution in [3.8, 4) is 11.5 Å². The largest absolute Gasteiger partial charge is 0.573 e. The maximum absolute atomic E-state index is 13.4. The third kappa shape index (κ3) is 5.97. The minimum absolute atomic E-state index is 0.0763. The summed E-state index contributed by atoms with van der Waals surface area (Å²) in [7, 11) is 1.21. The molecule has 4 N–H and O–H groups in total. The second-order valence-electron chi connectivity index (χ2n) is 9.51. The number of amides is 4. The normalized spacial score (nSPS) is 19.3. The van der Waals surface area contributed by atoms with Gasteiger partial charge in [-0.2, -0.15) is 0 Å². The third-order valence-electron chi connectivity index (χ3n) is 6.82. The predicted molar refractivity (Wildman–Crippen MR) is 137 cm³/mol. The van der Waals surface area contributed by atoms with Gasteiger partial charge in [-0.3, -0.25) is 9.36 Å². The number of benzene rings is 2. The molecule has 2 aliphatic rings. The number of anilines is 2. The van der Waals surface area contributed by atoms with E-state index in [0.717, 1.165) is 16.7 Å². The lowest BCUT2D eigenvalue weighted by molar-refractivity contribution is -0.274. The van der Waals surface area contributed by atoms with Gasteiger partial charge in [0.1, 0.15) is 17.5 Å². The van der Waals surface area contributed by atoms with E-state index in [0.29, 0.717) is 23.7 Å². The number of urea groups is 1. The molecule has 1 saturated carbocycles. The number of nitrogens with two attached hydrogens (primary N) is 1. The highest BCUT2D eigenvalue weighted by Gasteiger charge is 2.56. The number of ether oxygens (including phenoxy) is 3.